The average Bonchev–Trinajstić information content (AvgIpc) is 2.61. The van der Waals surface area contributed by atoms with Crippen molar-refractivity contribution in [1.82, 2.24) is 0 Å². The maximum atomic E-state index is 12.4. The third-order valence-electron chi connectivity index (χ3n) is 3.40. The van der Waals surface area contributed by atoms with Crippen LogP contribution in [0.4, 0.5) is 5.69 Å². The predicted molar refractivity (Wildman–Crippen MR) is 105 cm³/mol. The lowest BCUT2D eigenvalue weighted by Gasteiger charge is -2.22. The molecule has 1 N–H and O–H groups in total. The average molecular weight is 471 g/mol. The third kappa shape index (κ3) is 4.77. The van der Waals surface area contributed by atoms with Crippen LogP contribution in [0.15, 0.2) is 36.4 Å². The monoisotopic (exact) mass is 470 g/mol. The molecule has 2 aromatic rings. The Balaban J connectivity index is 2.47. The van der Waals surface area contributed by atoms with E-state index in [2.05, 4.69) is 34.0 Å². The summed E-state index contributed by atoms with van der Waals surface area (Å²) in [6.07, 6.45) is 0. The Labute approximate surface area is 165 Å². The molecule has 0 heterocycles. The first-order valence-corrected chi connectivity index (χ1v) is 8.92. The first-order chi connectivity index (χ1) is 12.0. The minimum absolute atomic E-state index is 0.454. The van der Waals surface area contributed by atoms with Gasteiger partial charge in [-0.25, -0.2) is 4.79 Å². The third-order valence-corrected chi connectivity index (χ3v) is 4.42. The number of benzene rings is 2. The Morgan fingerprint density at radius 3 is 2.60 bits per heavy atom. The fourth-order valence-electron chi connectivity index (χ4n) is 2.28. The number of halogens is 2. The molecular formula is C18H16ClIN2O3. The summed E-state index contributed by atoms with van der Waals surface area (Å²) in [7, 11) is 1.33. The van der Waals surface area contributed by atoms with Gasteiger partial charge in [-0.1, -0.05) is 11.6 Å². The molecule has 0 bridgehead atoms. The van der Waals surface area contributed by atoms with Crippen LogP contribution in [0.3, 0.4) is 0 Å². The molecule has 0 saturated heterocycles. The Hall–Kier alpha value is -1.98. The number of nitrogens with one attached hydrogen (secondary N) is 1. The molecule has 2 rings (SSSR count). The Kier molecular flexibility index (Phi) is 6.91. The van der Waals surface area contributed by atoms with Gasteiger partial charge in [0.05, 0.1) is 28.9 Å². The summed E-state index contributed by atoms with van der Waals surface area (Å²) >= 11 is 8.30. The summed E-state index contributed by atoms with van der Waals surface area (Å²) in [6, 6.07) is 11.5. The smallest absolute Gasteiger partial charge is 0.333 e. The fourth-order valence-corrected chi connectivity index (χ4v) is 3.49. The zero-order chi connectivity index (χ0) is 18.4. The van der Waals surface area contributed by atoms with E-state index in [4.69, 9.17) is 26.3 Å². The minimum atomic E-state index is -0.799. The molecule has 1 unspecified atom stereocenters. The molecule has 0 aliphatic heterocycles. The van der Waals surface area contributed by atoms with Crippen molar-refractivity contribution >= 4 is 45.8 Å². The topological polar surface area (TPSA) is 71.3 Å². The predicted octanol–water partition coefficient (Wildman–Crippen LogP) is 4.54. The quantitative estimate of drug-likeness (QED) is 0.496. The Morgan fingerprint density at radius 1 is 1.36 bits per heavy atom. The molecule has 2 aromatic carbocycles. The van der Waals surface area contributed by atoms with Gasteiger partial charge >= 0.3 is 5.97 Å². The molecule has 0 amide bonds. The number of hydrogen-bond donors (Lipinski definition) is 1. The molecular weight excluding hydrogens is 455 g/mol. The summed E-state index contributed by atoms with van der Waals surface area (Å²) in [5.41, 5.74) is 1.80. The van der Waals surface area contributed by atoms with Crippen LogP contribution in [0.2, 0.25) is 5.02 Å². The van der Waals surface area contributed by atoms with Gasteiger partial charge in [0.15, 0.2) is 6.04 Å². The molecule has 130 valence electrons. The van der Waals surface area contributed by atoms with Crippen LogP contribution in [-0.2, 0) is 9.53 Å². The normalized spacial score (nSPS) is 11.3. The van der Waals surface area contributed by atoms with Crippen LogP contribution >= 0.6 is 34.2 Å². The highest BCUT2D eigenvalue weighted by atomic mass is 127. The van der Waals surface area contributed by atoms with Gasteiger partial charge < -0.3 is 14.8 Å². The van der Waals surface area contributed by atoms with E-state index in [1.807, 2.05) is 6.92 Å². The number of carbonyl (C=O) groups is 1. The molecule has 7 heteroatoms. The second-order valence-corrected chi connectivity index (χ2v) is 6.63. The second kappa shape index (κ2) is 8.92. The highest BCUT2D eigenvalue weighted by molar-refractivity contribution is 14.1. The van der Waals surface area contributed by atoms with Crippen LogP contribution in [0.1, 0.15) is 24.1 Å². The standard InChI is InChI=1S/C18H16ClIN2O3/c1-3-25-17-14(8-12(19)9-15(17)20)16(18(23)24-2)22-13-6-4-11(10-21)5-7-13/h4-9,16,22H,3H2,1-2H3. The van der Waals surface area contributed by atoms with Crippen molar-refractivity contribution in [2.24, 2.45) is 0 Å². The first kappa shape index (κ1) is 19.3. The van der Waals surface area contributed by atoms with Crippen molar-refractivity contribution < 1.29 is 14.3 Å². The second-order valence-electron chi connectivity index (χ2n) is 5.03. The largest absolute Gasteiger partial charge is 0.492 e. The van der Waals surface area contributed by atoms with Crippen LogP contribution < -0.4 is 10.1 Å². The van der Waals surface area contributed by atoms with E-state index in [-0.39, 0.29) is 0 Å². The summed E-state index contributed by atoms with van der Waals surface area (Å²) in [6.45, 7) is 2.32. The number of anilines is 1. The van der Waals surface area contributed by atoms with Gasteiger partial charge in [-0.2, -0.15) is 5.26 Å². The Bertz CT molecular complexity index is 803. The van der Waals surface area contributed by atoms with Crippen LogP contribution in [0.25, 0.3) is 0 Å². The van der Waals surface area contributed by atoms with Gasteiger partial charge in [0, 0.05) is 16.3 Å². The zero-order valence-corrected chi connectivity index (χ0v) is 16.6. The minimum Gasteiger partial charge on any atom is -0.492 e. The maximum absolute atomic E-state index is 12.4. The zero-order valence-electron chi connectivity index (χ0n) is 13.7. The number of carbonyl (C=O) groups excluding carboxylic acids is 1. The number of rotatable bonds is 6. The molecule has 0 aromatic heterocycles. The molecule has 0 fully saturated rings. The van der Waals surface area contributed by atoms with E-state index in [9.17, 15) is 4.79 Å². The first-order valence-electron chi connectivity index (χ1n) is 7.46. The highest BCUT2D eigenvalue weighted by Crippen LogP contribution is 2.36. The molecule has 1 atom stereocenters. The van der Waals surface area contributed by atoms with E-state index in [0.717, 1.165) is 3.57 Å². The summed E-state index contributed by atoms with van der Waals surface area (Å²) in [4.78, 5) is 12.4. The van der Waals surface area contributed by atoms with Crippen LogP contribution in [0.5, 0.6) is 5.75 Å². The highest BCUT2D eigenvalue weighted by Gasteiger charge is 2.27. The van der Waals surface area contributed by atoms with E-state index in [1.165, 1.54) is 7.11 Å². The SMILES string of the molecule is CCOc1c(I)cc(Cl)cc1C(Nc1ccc(C#N)cc1)C(=O)OC. The summed E-state index contributed by atoms with van der Waals surface area (Å²) < 4.78 is 11.5. The molecule has 25 heavy (non-hydrogen) atoms. The number of nitrogens with zero attached hydrogens (tertiary/aromatic N) is 1. The Morgan fingerprint density at radius 2 is 2.04 bits per heavy atom. The summed E-state index contributed by atoms with van der Waals surface area (Å²) in [5, 5.41) is 12.5. The van der Waals surface area contributed by atoms with Gasteiger partial charge in [0.25, 0.3) is 0 Å². The van der Waals surface area contributed by atoms with Crippen molar-refractivity contribution in [2.45, 2.75) is 13.0 Å². The van der Waals surface area contributed by atoms with Crippen LogP contribution in [0, 0.1) is 14.9 Å². The molecule has 0 aliphatic rings. The lowest BCUT2D eigenvalue weighted by Crippen LogP contribution is -2.23. The number of hydrogen-bond acceptors (Lipinski definition) is 5. The molecule has 5 nitrogen and oxygen atoms in total. The maximum Gasteiger partial charge on any atom is 0.333 e. The van der Waals surface area contributed by atoms with E-state index in [1.54, 1.807) is 36.4 Å². The van der Waals surface area contributed by atoms with Gasteiger partial charge in [-0.05, 0) is 65.9 Å². The van der Waals surface area contributed by atoms with Crippen molar-refractivity contribution in [3.8, 4) is 11.8 Å². The molecule has 0 radical (unpaired) electrons. The number of esters is 1. The van der Waals surface area contributed by atoms with Crippen molar-refractivity contribution in [3.05, 3.63) is 56.1 Å². The summed E-state index contributed by atoms with van der Waals surface area (Å²) in [5.74, 6) is 0.118. The van der Waals surface area contributed by atoms with Gasteiger partial charge in [0.2, 0.25) is 0 Å². The van der Waals surface area contributed by atoms with Crippen molar-refractivity contribution in [3.63, 3.8) is 0 Å². The molecule has 0 saturated carbocycles. The van der Waals surface area contributed by atoms with E-state index in [0.29, 0.717) is 34.2 Å². The van der Waals surface area contributed by atoms with E-state index >= 15 is 0 Å². The number of nitriles is 1. The molecule has 0 aliphatic carbocycles. The van der Waals surface area contributed by atoms with Crippen molar-refractivity contribution in [1.29, 1.82) is 5.26 Å². The number of ether oxygens (including phenoxy) is 2. The lowest BCUT2D eigenvalue weighted by atomic mass is 10.0. The number of methoxy groups -OCH3 is 1. The van der Waals surface area contributed by atoms with Gasteiger partial charge in [-0.15, -0.1) is 0 Å². The lowest BCUT2D eigenvalue weighted by molar-refractivity contribution is -0.141. The van der Waals surface area contributed by atoms with E-state index < -0.39 is 12.0 Å². The molecule has 0 spiro atoms. The van der Waals surface area contributed by atoms with Gasteiger partial charge in [-0.3, -0.25) is 0 Å². The van der Waals surface area contributed by atoms with Crippen LogP contribution in [-0.4, -0.2) is 19.7 Å². The van der Waals surface area contributed by atoms with Gasteiger partial charge in [0.1, 0.15) is 5.75 Å². The van der Waals surface area contributed by atoms with Crippen molar-refractivity contribution in [2.75, 3.05) is 19.0 Å². The fraction of sp³-hybridized carbons (Fsp3) is 0.222.